The molecule has 0 aliphatic rings. The summed E-state index contributed by atoms with van der Waals surface area (Å²) in [5, 5.41) is 0. The second-order valence-electron chi connectivity index (χ2n) is 3.34. The quantitative estimate of drug-likeness (QED) is 0.593. The van der Waals surface area contributed by atoms with E-state index in [1.807, 2.05) is 12.1 Å². The first-order valence-corrected chi connectivity index (χ1v) is 5.30. The summed E-state index contributed by atoms with van der Waals surface area (Å²) in [6.45, 7) is 4.50. The molecular formula is C9H14NSb. The van der Waals surface area contributed by atoms with Gasteiger partial charge in [0.1, 0.15) is 0 Å². The molecule has 0 amide bonds. The third-order valence-corrected chi connectivity index (χ3v) is 2.61. The maximum atomic E-state index is 5.58. The summed E-state index contributed by atoms with van der Waals surface area (Å²) in [5.41, 5.74) is 7.81. The van der Waals surface area contributed by atoms with Crippen molar-refractivity contribution in [2.45, 2.75) is 17.2 Å². The molecule has 0 heterocycles. The maximum absolute atomic E-state index is 5.58. The molecule has 1 nitrogen and oxygen atoms in total. The van der Waals surface area contributed by atoms with Gasteiger partial charge in [-0.15, -0.1) is 0 Å². The summed E-state index contributed by atoms with van der Waals surface area (Å²) in [6.07, 6.45) is 0. The van der Waals surface area contributed by atoms with Gasteiger partial charge in [-0.05, 0) is 0 Å². The summed E-state index contributed by atoms with van der Waals surface area (Å²) in [6, 6.07) is 8.15. The summed E-state index contributed by atoms with van der Waals surface area (Å²) >= 11 is 1.24. The average molecular weight is 258 g/mol. The van der Waals surface area contributed by atoms with Crippen molar-refractivity contribution in [3.05, 3.63) is 29.8 Å². The van der Waals surface area contributed by atoms with Crippen LogP contribution in [0.2, 0.25) is 0 Å². The van der Waals surface area contributed by atoms with Crippen molar-refractivity contribution in [1.82, 2.24) is 0 Å². The normalized spacial score (nSPS) is 11.5. The van der Waals surface area contributed by atoms with Crippen LogP contribution in [0.15, 0.2) is 24.3 Å². The Morgan fingerprint density at radius 1 is 1.18 bits per heavy atom. The van der Waals surface area contributed by atoms with Crippen molar-refractivity contribution < 1.29 is 0 Å². The Labute approximate surface area is 81.5 Å². The van der Waals surface area contributed by atoms with Crippen molar-refractivity contribution in [2.75, 3.05) is 5.73 Å². The number of nitrogens with two attached hydrogens (primary N) is 1. The van der Waals surface area contributed by atoms with E-state index in [4.69, 9.17) is 5.73 Å². The zero-order chi connectivity index (χ0) is 8.48. The predicted molar refractivity (Wildman–Crippen MR) is 52.4 cm³/mol. The van der Waals surface area contributed by atoms with E-state index in [0.29, 0.717) is 3.36 Å². The van der Waals surface area contributed by atoms with E-state index < -0.39 is 0 Å². The number of hydrogen-bond donors (Lipinski definition) is 1. The topological polar surface area (TPSA) is 26.0 Å². The SMILES string of the molecule is C[C](C)([SbH2])c1ccc(N)cc1. The fraction of sp³-hybridized carbons (Fsp3) is 0.333. The number of benzene rings is 1. The molecule has 11 heavy (non-hydrogen) atoms. The van der Waals surface area contributed by atoms with Gasteiger partial charge in [0.05, 0.1) is 0 Å². The van der Waals surface area contributed by atoms with Gasteiger partial charge in [-0.1, -0.05) is 0 Å². The van der Waals surface area contributed by atoms with E-state index in [9.17, 15) is 0 Å². The Morgan fingerprint density at radius 2 is 1.64 bits per heavy atom. The molecule has 0 atom stereocenters. The van der Waals surface area contributed by atoms with Crippen LogP contribution in [-0.2, 0) is 3.36 Å². The molecule has 0 bridgehead atoms. The molecule has 0 aliphatic carbocycles. The molecule has 0 fully saturated rings. The van der Waals surface area contributed by atoms with Crippen LogP contribution in [-0.4, -0.2) is 23.0 Å². The molecule has 0 spiro atoms. The van der Waals surface area contributed by atoms with Crippen molar-refractivity contribution in [2.24, 2.45) is 0 Å². The van der Waals surface area contributed by atoms with Gasteiger partial charge in [-0.25, -0.2) is 0 Å². The second-order valence-corrected chi connectivity index (χ2v) is 7.46. The summed E-state index contributed by atoms with van der Waals surface area (Å²) in [5.74, 6) is 0. The van der Waals surface area contributed by atoms with Crippen molar-refractivity contribution >= 4 is 28.7 Å². The van der Waals surface area contributed by atoms with Crippen molar-refractivity contribution in [3.8, 4) is 0 Å². The molecule has 1 rings (SSSR count). The second kappa shape index (κ2) is 3.06. The zero-order valence-corrected chi connectivity index (χ0v) is 10.3. The third-order valence-electron chi connectivity index (χ3n) is 1.65. The van der Waals surface area contributed by atoms with Crippen LogP contribution in [0, 0.1) is 0 Å². The minimum absolute atomic E-state index is 0.360. The van der Waals surface area contributed by atoms with Crippen LogP contribution >= 0.6 is 0 Å². The molecule has 0 aliphatic heterocycles. The zero-order valence-electron chi connectivity index (χ0n) is 6.96. The van der Waals surface area contributed by atoms with Gasteiger partial charge in [-0.3, -0.25) is 0 Å². The minimum atomic E-state index is 0.360. The number of rotatable bonds is 1. The molecular weight excluding hydrogens is 244 g/mol. The molecule has 1 aromatic carbocycles. The van der Waals surface area contributed by atoms with Crippen LogP contribution in [0.3, 0.4) is 0 Å². The Balaban J connectivity index is 2.99. The van der Waals surface area contributed by atoms with E-state index in [0.717, 1.165) is 5.69 Å². The van der Waals surface area contributed by atoms with Crippen molar-refractivity contribution in [3.63, 3.8) is 0 Å². The summed E-state index contributed by atoms with van der Waals surface area (Å²) in [4.78, 5) is 0. The fourth-order valence-electron chi connectivity index (χ4n) is 0.913. The van der Waals surface area contributed by atoms with Crippen LogP contribution < -0.4 is 5.73 Å². The van der Waals surface area contributed by atoms with Gasteiger partial charge in [0.2, 0.25) is 0 Å². The van der Waals surface area contributed by atoms with Crippen LogP contribution in [0.4, 0.5) is 5.69 Å². The Kier molecular flexibility index (Phi) is 2.49. The Hall–Kier alpha value is -0.162. The molecule has 0 saturated carbocycles. The van der Waals surface area contributed by atoms with Crippen LogP contribution in [0.1, 0.15) is 19.4 Å². The summed E-state index contributed by atoms with van der Waals surface area (Å²) < 4.78 is 0.360. The molecule has 0 radical (unpaired) electrons. The number of anilines is 1. The van der Waals surface area contributed by atoms with Gasteiger partial charge in [0.15, 0.2) is 0 Å². The molecule has 0 aromatic heterocycles. The summed E-state index contributed by atoms with van der Waals surface area (Å²) in [7, 11) is 0. The van der Waals surface area contributed by atoms with Gasteiger partial charge >= 0.3 is 81.5 Å². The molecule has 2 N–H and O–H groups in total. The van der Waals surface area contributed by atoms with Gasteiger partial charge in [0.25, 0.3) is 0 Å². The van der Waals surface area contributed by atoms with E-state index in [1.54, 1.807) is 0 Å². The first-order valence-electron chi connectivity index (χ1n) is 3.65. The predicted octanol–water partition coefficient (Wildman–Crippen LogP) is 1.14. The Bertz CT molecular complexity index is 233. The number of hydrogen-bond acceptors (Lipinski definition) is 1. The molecule has 0 saturated heterocycles. The average Bonchev–Trinajstić information content (AvgIpc) is 1.86. The molecule has 0 unspecified atom stereocenters. The molecule has 1 aromatic rings. The number of nitrogen functional groups attached to an aromatic ring is 1. The standard InChI is InChI=1S/C9H12N.Sb.2H/c1-7(2)8-3-5-9(10)6-4-8;;;/h3-6H,10H2,1-2H3;;;. The Morgan fingerprint density at radius 3 is 2.00 bits per heavy atom. The van der Waals surface area contributed by atoms with Crippen LogP contribution in [0.5, 0.6) is 0 Å². The first kappa shape index (κ1) is 8.93. The van der Waals surface area contributed by atoms with Gasteiger partial charge < -0.3 is 0 Å². The van der Waals surface area contributed by atoms with Crippen molar-refractivity contribution in [1.29, 1.82) is 0 Å². The molecule has 60 valence electrons. The van der Waals surface area contributed by atoms with E-state index in [-0.39, 0.29) is 0 Å². The third kappa shape index (κ3) is 2.41. The van der Waals surface area contributed by atoms with E-state index in [2.05, 4.69) is 26.0 Å². The van der Waals surface area contributed by atoms with Gasteiger partial charge in [-0.2, -0.15) is 0 Å². The van der Waals surface area contributed by atoms with E-state index >= 15 is 0 Å². The molecule has 2 heteroatoms. The first-order chi connectivity index (χ1) is 5.00. The monoisotopic (exact) mass is 257 g/mol. The fourth-order valence-corrected chi connectivity index (χ4v) is 1.46. The van der Waals surface area contributed by atoms with Crippen LogP contribution in [0.25, 0.3) is 0 Å². The van der Waals surface area contributed by atoms with E-state index in [1.165, 1.54) is 28.6 Å². The van der Waals surface area contributed by atoms with Gasteiger partial charge in [0, 0.05) is 0 Å².